The van der Waals surface area contributed by atoms with E-state index in [1.54, 1.807) is 6.92 Å². The highest BCUT2D eigenvalue weighted by molar-refractivity contribution is 5.97. The van der Waals surface area contributed by atoms with E-state index in [0.29, 0.717) is 5.56 Å². The molecule has 0 aliphatic heterocycles. The normalized spacial score (nSPS) is 11.6. The third-order valence-electron chi connectivity index (χ3n) is 2.12. The summed E-state index contributed by atoms with van der Waals surface area (Å²) in [4.78, 5) is 22.8. The van der Waals surface area contributed by atoms with Gasteiger partial charge in [0, 0.05) is 12.6 Å². The van der Waals surface area contributed by atoms with Crippen LogP contribution < -0.4 is 10.6 Å². The second-order valence-electron chi connectivity index (χ2n) is 3.36. The molecule has 0 radical (unpaired) electrons. The molecule has 0 saturated carbocycles. The topological polar surface area (TPSA) is 78.4 Å². The number of nitrogens with one attached hydrogen (secondary N) is 2. The Morgan fingerprint density at radius 1 is 1.25 bits per heavy atom. The van der Waals surface area contributed by atoms with E-state index in [-0.39, 0.29) is 17.6 Å². The van der Waals surface area contributed by atoms with Crippen LogP contribution in [0.4, 0.5) is 0 Å². The van der Waals surface area contributed by atoms with E-state index in [4.69, 9.17) is 5.11 Å². The van der Waals surface area contributed by atoms with Gasteiger partial charge in [0.1, 0.15) is 11.8 Å². The van der Waals surface area contributed by atoms with Crippen molar-refractivity contribution in [2.24, 2.45) is 0 Å². The van der Waals surface area contributed by atoms with Gasteiger partial charge in [0.15, 0.2) is 0 Å². The Labute approximate surface area is 93.5 Å². The minimum atomic E-state index is -0.591. The lowest BCUT2D eigenvalue weighted by atomic mass is 10.2. The molecule has 5 nitrogen and oxygen atoms in total. The van der Waals surface area contributed by atoms with Gasteiger partial charge in [-0.15, -0.1) is 0 Å². The summed E-state index contributed by atoms with van der Waals surface area (Å²) in [5.41, 5.74) is 0.397. The highest BCUT2D eigenvalue weighted by atomic mass is 16.3. The summed E-state index contributed by atoms with van der Waals surface area (Å²) in [6.07, 6.45) is 0. The van der Waals surface area contributed by atoms with Gasteiger partial charge in [-0.3, -0.25) is 9.59 Å². The van der Waals surface area contributed by atoms with Crippen molar-refractivity contribution in [1.82, 2.24) is 10.6 Å². The number of carbonyl (C=O) groups excluding carboxylic acids is 2. The van der Waals surface area contributed by atoms with Crippen LogP contribution in [0.5, 0.6) is 5.75 Å². The highest BCUT2D eigenvalue weighted by Crippen LogP contribution is 2.09. The summed E-state index contributed by atoms with van der Waals surface area (Å²) in [7, 11) is 1.51. The number of carbonyl (C=O) groups is 2. The highest BCUT2D eigenvalue weighted by Gasteiger charge is 2.14. The van der Waals surface area contributed by atoms with Crippen LogP contribution in [-0.4, -0.2) is 30.0 Å². The number of benzene rings is 1. The smallest absolute Gasteiger partial charge is 0.251 e. The van der Waals surface area contributed by atoms with Gasteiger partial charge in [0.05, 0.1) is 0 Å². The van der Waals surface area contributed by atoms with E-state index < -0.39 is 6.04 Å². The first kappa shape index (κ1) is 12.0. The van der Waals surface area contributed by atoms with Crippen LogP contribution in [0.2, 0.25) is 0 Å². The predicted molar refractivity (Wildman–Crippen MR) is 59.1 cm³/mol. The molecule has 0 spiro atoms. The lowest BCUT2D eigenvalue weighted by molar-refractivity contribution is -0.122. The molecule has 5 heteroatoms. The van der Waals surface area contributed by atoms with Gasteiger partial charge in [-0.2, -0.15) is 0 Å². The monoisotopic (exact) mass is 222 g/mol. The number of amides is 2. The van der Waals surface area contributed by atoms with Crippen molar-refractivity contribution in [3.8, 4) is 5.75 Å². The van der Waals surface area contributed by atoms with E-state index >= 15 is 0 Å². The number of aromatic hydroxyl groups is 1. The minimum Gasteiger partial charge on any atom is -0.508 e. The first-order valence-electron chi connectivity index (χ1n) is 4.86. The molecule has 0 heterocycles. The van der Waals surface area contributed by atoms with Crippen molar-refractivity contribution in [3.05, 3.63) is 29.8 Å². The maximum atomic E-state index is 11.6. The molecule has 16 heavy (non-hydrogen) atoms. The van der Waals surface area contributed by atoms with Crippen LogP contribution in [0.25, 0.3) is 0 Å². The molecule has 0 aliphatic rings. The quantitative estimate of drug-likeness (QED) is 0.686. The molecule has 0 bridgehead atoms. The Morgan fingerprint density at radius 2 is 1.81 bits per heavy atom. The van der Waals surface area contributed by atoms with E-state index in [9.17, 15) is 9.59 Å². The fourth-order valence-electron chi connectivity index (χ4n) is 1.17. The summed E-state index contributed by atoms with van der Waals surface area (Å²) in [5.74, 6) is -0.515. The van der Waals surface area contributed by atoms with Crippen LogP contribution in [0, 0.1) is 0 Å². The molecular formula is C11H14N2O3. The van der Waals surface area contributed by atoms with Gasteiger partial charge in [0.25, 0.3) is 5.91 Å². The van der Waals surface area contributed by atoms with Crippen molar-refractivity contribution in [1.29, 1.82) is 0 Å². The molecule has 1 aromatic rings. The van der Waals surface area contributed by atoms with Crippen LogP contribution in [0.15, 0.2) is 24.3 Å². The number of hydrogen-bond acceptors (Lipinski definition) is 3. The minimum absolute atomic E-state index is 0.0934. The number of hydrogen-bond donors (Lipinski definition) is 3. The van der Waals surface area contributed by atoms with Crippen LogP contribution in [0.1, 0.15) is 17.3 Å². The number of rotatable bonds is 3. The van der Waals surface area contributed by atoms with Crippen molar-refractivity contribution >= 4 is 11.8 Å². The zero-order valence-electron chi connectivity index (χ0n) is 9.15. The number of likely N-dealkylation sites (N-methyl/N-ethyl adjacent to an activating group) is 1. The SMILES string of the molecule is CNC(=O)C(C)NC(=O)c1ccc(O)cc1. The van der Waals surface area contributed by atoms with E-state index in [1.165, 1.54) is 31.3 Å². The Bertz CT molecular complexity index is 387. The lowest BCUT2D eigenvalue weighted by Crippen LogP contribution is -2.43. The van der Waals surface area contributed by atoms with Crippen molar-refractivity contribution in [2.75, 3.05) is 7.05 Å². The average molecular weight is 222 g/mol. The summed E-state index contributed by atoms with van der Waals surface area (Å²) in [6.45, 7) is 1.59. The van der Waals surface area contributed by atoms with Gasteiger partial charge in [-0.05, 0) is 31.2 Å². The molecule has 86 valence electrons. The molecule has 1 aromatic carbocycles. The molecule has 1 rings (SSSR count). The molecular weight excluding hydrogens is 208 g/mol. The van der Waals surface area contributed by atoms with Crippen molar-refractivity contribution in [2.45, 2.75) is 13.0 Å². The van der Waals surface area contributed by atoms with Gasteiger partial charge >= 0.3 is 0 Å². The first-order chi connectivity index (χ1) is 7.54. The maximum Gasteiger partial charge on any atom is 0.251 e. The van der Waals surface area contributed by atoms with Gasteiger partial charge in [-0.25, -0.2) is 0 Å². The Balaban J connectivity index is 2.65. The molecule has 0 aliphatic carbocycles. The summed E-state index contributed by atoms with van der Waals surface area (Å²) in [6, 6.07) is 5.22. The molecule has 3 N–H and O–H groups in total. The van der Waals surface area contributed by atoms with Gasteiger partial charge in [0.2, 0.25) is 5.91 Å². The fourth-order valence-corrected chi connectivity index (χ4v) is 1.17. The zero-order valence-corrected chi connectivity index (χ0v) is 9.15. The van der Waals surface area contributed by atoms with Crippen LogP contribution >= 0.6 is 0 Å². The average Bonchev–Trinajstić information content (AvgIpc) is 2.28. The second kappa shape index (κ2) is 5.16. The second-order valence-corrected chi connectivity index (χ2v) is 3.36. The molecule has 2 amide bonds. The number of phenolic OH excluding ortho intramolecular Hbond substituents is 1. The fraction of sp³-hybridized carbons (Fsp3) is 0.273. The Morgan fingerprint density at radius 3 is 2.31 bits per heavy atom. The molecule has 0 fully saturated rings. The summed E-state index contributed by atoms with van der Waals surface area (Å²) in [5, 5.41) is 14.0. The van der Waals surface area contributed by atoms with E-state index in [1.807, 2.05) is 0 Å². The molecule has 1 atom stereocenters. The maximum absolute atomic E-state index is 11.6. The Kier molecular flexibility index (Phi) is 3.88. The zero-order chi connectivity index (χ0) is 12.1. The van der Waals surface area contributed by atoms with Crippen LogP contribution in [-0.2, 0) is 4.79 Å². The first-order valence-corrected chi connectivity index (χ1v) is 4.86. The molecule has 0 saturated heterocycles. The third-order valence-corrected chi connectivity index (χ3v) is 2.12. The van der Waals surface area contributed by atoms with E-state index in [0.717, 1.165) is 0 Å². The Hall–Kier alpha value is -2.04. The molecule has 1 unspecified atom stereocenters. The van der Waals surface area contributed by atoms with Crippen molar-refractivity contribution in [3.63, 3.8) is 0 Å². The molecule has 0 aromatic heterocycles. The van der Waals surface area contributed by atoms with Gasteiger partial charge in [-0.1, -0.05) is 0 Å². The third kappa shape index (κ3) is 2.98. The summed E-state index contributed by atoms with van der Waals surface area (Å²) < 4.78 is 0. The van der Waals surface area contributed by atoms with Gasteiger partial charge < -0.3 is 15.7 Å². The standard InChI is InChI=1S/C11H14N2O3/c1-7(10(15)12-2)13-11(16)8-3-5-9(14)6-4-8/h3-7,14H,1-2H3,(H,12,15)(H,13,16). The largest absolute Gasteiger partial charge is 0.508 e. The predicted octanol–water partition coefficient (Wildman–Crippen LogP) is 0.256. The van der Waals surface area contributed by atoms with Crippen molar-refractivity contribution < 1.29 is 14.7 Å². The van der Waals surface area contributed by atoms with Crippen LogP contribution in [0.3, 0.4) is 0 Å². The number of phenols is 1. The lowest BCUT2D eigenvalue weighted by Gasteiger charge is -2.12. The van der Waals surface area contributed by atoms with E-state index in [2.05, 4.69) is 10.6 Å². The summed E-state index contributed by atoms with van der Waals surface area (Å²) >= 11 is 0.